The molecule has 4 nitrogen and oxygen atoms in total. The van der Waals surface area contributed by atoms with Crippen molar-refractivity contribution in [1.29, 1.82) is 0 Å². The standard InChI is InChI=1S/C21H24N2O2/c24-21(19-13-17-6-3-4-8-20(17)25-15-19)22-10-12-23-11-9-16-5-1-2-7-18(16)14-23/h1-8,19H,9-15H2,(H,22,24)/t19-/m0/s1. The molecule has 4 rings (SSSR count). The van der Waals surface area contributed by atoms with E-state index in [9.17, 15) is 4.79 Å². The highest BCUT2D eigenvalue weighted by molar-refractivity contribution is 5.79. The number of carbonyl (C=O) groups is 1. The molecule has 1 atom stereocenters. The summed E-state index contributed by atoms with van der Waals surface area (Å²) in [4.78, 5) is 14.9. The molecule has 0 aliphatic carbocycles. The number of nitrogens with one attached hydrogen (secondary N) is 1. The molecule has 0 unspecified atom stereocenters. The van der Waals surface area contributed by atoms with Crippen LogP contribution in [-0.2, 0) is 24.2 Å². The Morgan fingerprint density at radius 1 is 1.08 bits per heavy atom. The summed E-state index contributed by atoms with van der Waals surface area (Å²) in [5.74, 6) is 0.933. The molecule has 0 spiro atoms. The van der Waals surface area contributed by atoms with E-state index in [2.05, 4.69) is 34.5 Å². The van der Waals surface area contributed by atoms with Crippen LogP contribution >= 0.6 is 0 Å². The maximum atomic E-state index is 12.4. The summed E-state index contributed by atoms with van der Waals surface area (Å²) < 4.78 is 5.72. The van der Waals surface area contributed by atoms with Gasteiger partial charge in [-0.2, -0.15) is 0 Å². The maximum absolute atomic E-state index is 12.4. The molecule has 0 aromatic heterocycles. The van der Waals surface area contributed by atoms with E-state index >= 15 is 0 Å². The Hall–Kier alpha value is -2.33. The molecule has 0 fully saturated rings. The minimum absolute atomic E-state index is 0.0861. The van der Waals surface area contributed by atoms with Gasteiger partial charge < -0.3 is 10.1 Å². The van der Waals surface area contributed by atoms with Crippen LogP contribution in [0, 0.1) is 5.92 Å². The van der Waals surface area contributed by atoms with E-state index < -0.39 is 0 Å². The topological polar surface area (TPSA) is 41.6 Å². The Balaban J connectivity index is 1.25. The van der Waals surface area contributed by atoms with E-state index in [4.69, 9.17) is 4.74 Å². The average molecular weight is 336 g/mol. The molecule has 0 bridgehead atoms. The van der Waals surface area contributed by atoms with Crippen molar-refractivity contribution in [3.05, 3.63) is 65.2 Å². The molecule has 0 radical (unpaired) electrons. The van der Waals surface area contributed by atoms with Crippen LogP contribution in [0.15, 0.2) is 48.5 Å². The number of para-hydroxylation sites is 1. The molecule has 130 valence electrons. The van der Waals surface area contributed by atoms with Gasteiger partial charge in [-0.1, -0.05) is 42.5 Å². The van der Waals surface area contributed by atoms with E-state index in [1.165, 1.54) is 11.1 Å². The Kier molecular flexibility index (Phi) is 4.70. The molecule has 0 saturated carbocycles. The molecule has 0 saturated heterocycles. The first-order valence-corrected chi connectivity index (χ1v) is 9.07. The summed E-state index contributed by atoms with van der Waals surface area (Å²) >= 11 is 0. The van der Waals surface area contributed by atoms with Gasteiger partial charge in [-0.05, 0) is 35.6 Å². The van der Waals surface area contributed by atoms with Gasteiger partial charge in [-0.15, -0.1) is 0 Å². The fraction of sp³-hybridized carbons (Fsp3) is 0.381. The number of rotatable bonds is 4. The highest BCUT2D eigenvalue weighted by atomic mass is 16.5. The molecular formula is C21H24N2O2. The van der Waals surface area contributed by atoms with Crippen LogP contribution in [0.1, 0.15) is 16.7 Å². The summed E-state index contributed by atoms with van der Waals surface area (Å²) in [5.41, 5.74) is 4.00. The van der Waals surface area contributed by atoms with Gasteiger partial charge in [0.1, 0.15) is 12.4 Å². The molecule has 2 aromatic carbocycles. The van der Waals surface area contributed by atoms with Crippen molar-refractivity contribution in [3.63, 3.8) is 0 Å². The van der Waals surface area contributed by atoms with Crippen LogP contribution in [0.2, 0.25) is 0 Å². The predicted molar refractivity (Wildman–Crippen MR) is 97.6 cm³/mol. The van der Waals surface area contributed by atoms with Crippen LogP contribution in [0.3, 0.4) is 0 Å². The van der Waals surface area contributed by atoms with Gasteiger partial charge in [0.25, 0.3) is 0 Å². The van der Waals surface area contributed by atoms with E-state index in [1.807, 2.05) is 24.3 Å². The van der Waals surface area contributed by atoms with Gasteiger partial charge in [0.15, 0.2) is 0 Å². The molecule has 1 N–H and O–H groups in total. The Morgan fingerprint density at radius 2 is 1.84 bits per heavy atom. The second kappa shape index (κ2) is 7.28. The number of fused-ring (bicyclic) bond motifs is 2. The molecule has 2 aliphatic heterocycles. The number of nitrogens with zero attached hydrogens (tertiary/aromatic N) is 1. The molecule has 4 heteroatoms. The lowest BCUT2D eigenvalue weighted by atomic mass is 9.96. The lowest BCUT2D eigenvalue weighted by molar-refractivity contribution is -0.126. The van der Waals surface area contributed by atoms with Crippen molar-refractivity contribution >= 4 is 5.91 Å². The smallest absolute Gasteiger partial charge is 0.226 e. The third kappa shape index (κ3) is 3.69. The van der Waals surface area contributed by atoms with Crippen molar-refractivity contribution in [2.45, 2.75) is 19.4 Å². The highest BCUT2D eigenvalue weighted by Crippen LogP contribution is 2.26. The lowest BCUT2D eigenvalue weighted by Crippen LogP contribution is -2.42. The zero-order valence-corrected chi connectivity index (χ0v) is 14.4. The quantitative estimate of drug-likeness (QED) is 0.932. The van der Waals surface area contributed by atoms with Gasteiger partial charge in [0.2, 0.25) is 5.91 Å². The molecular weight excluding hydrogens is 312 g/mol. The van der Waals surface area contributed by atoms with Crippen LogP contribution in [-0.4, -0.2) is 37.0 Å². The summed E-state index contributed by atoms with van der Waals surface area (Å²) in [5, 5.41) is 3.09. The Bertz CT molecular complexity index is 759. The Labute approximate surface area is 148 Å². The normalized spacial score (nSPS) is 19.4. The van der Waals surface area contributed by atoms with E-state index in [-0.39, 0.29) is 11.8 Å². The van der Waals surface area contributed by atoms with Crippen LogP contribution in [0.25, 0.3) is 0 Å². The van der Waals surface area contributed by atoms with Gasteiger partial charge in [-0.3, -0.25) is 9.69 Å². The number of benzene rings is 2. The zero-order valence-electron chi connectivity index (χ0n) is 14.4. The summed E-state index contributed by atoms with van der Waals surface area (Å²) in [6, 6.07) is 16.6. The number of amides is 1. The Morgan fingerprint density at radius 3 is 2.72 bits per heavy atom. The summed E-state index contributed by atoms with van der Waals surface area (Å²) in [7, 11) is 0. The molecule has 25 heavy (non-hydrogen) atoms. The van der Waals surface area contributed by atoms with Crippen LogP contribution in [0.5, 0.6) is 5.75 Å². The monoisotopic (exact) mass is 336 g/mol. The lowest BCUT2D eigenvalue weighted by Gasteiger charge is -2.29. The van der Waals surface area contributed by atoms with Gasteiger partial charge >= 0.3 is 0 Å². The van der Waals surface area contributed by atoms with Crippen molar-refractivity contribution in [2.24, 2.45) is 5.92 Å². The third-order valence-corrected chi connectivity index (χ3v) is 5.19. The van der Waals surface area contributed by atoms with E-state index in [0.29, 0.717) is 13.2 Å². The first kappa shape index (κ1) is 16.2. The third-order valence-electron chi connectivity index (χ3n) is 5.19. The molecule has 2 heterocycles. The fourth-order valence-corrected chi connectivity index (χ4v) is 3.72. The van der Waals surface area contributed by atoms with Crippen molar-refractivity contribution in [2.75, 3.05) is 26.2 Å². The van der Waals surface area contributed by atoms with Crippen molar-refractivity contribution in [1.82, 2.24) is 10.2 Å². The molecule has 2 aromatic rings. The van der Waals surface area contributed by atoms with Gasteiger partial charge in [0, 0.05) is 26.2 Å². The second-order valence-electron chi connectivity index (χ2n) is 6.91. The largest absolute Gasteiger partial charge is 0.492 e. The average Bonchev–Trinajstić information content (AvgIpc) is 2.67. The maximum Gasteiger partial charge on any atom is 0.226 e. The SMILES string of the molecule is O=C(NCCN1CCc2ccccc2C1)[C@@H]1COc2ccccc2C1. The second-order valence-corrected chi connectivity index (χ2v) is 6.91. The fourth-order valence-electron chi connectivity index (χ4n) is 3.72. The number of ether oxygens (including phenoxy) is 1. The first-order chi connectivity index (χ1) is 12.3. The zero-order chi connectivity index (χ0) is 17.1. The number of hydrogen-bond donors (Lipinski definition) is 1. The first-order valence-electron chi connectivity index (χ1n) is 9.07. The van der Waals surface area contributed by atoms with E-state index in [0.717, 1.165) is 43.8 Å². The van der Waals surface area contributed by atoms with Crippen molar-refractivity contribution in [3.8, 4) is 5.75 Å². The minimum atomic E-state index is -0.0861. The number of hydrogen-bond acceptors (Lipinski definition) is 3. The molecule has 1 amide bonds. The van der Waals surface area contributed by atoms with Crippen LogP contribution in [0.4, 0.5) is 0 Å². The van der Waals surface area contributed by atoms with Gasteiger partial charge in [0.05, 0.1) is 5.92 Å². The predicted octanol–water partition coefficient (Wildman–Crippen LogP) is 2.41. The summed E-state index contributed by atoms with van der Waals surface area (Å²) in [6.07, 6.45) is 1.86. The number of carbonyl (C=O) groups excluding carboxylic acids is 1. The van der Waals surface area contributed by atoms with Gasteiger partial charge in [-0.25, -0.2) is 0 Å². The van der Waals surface area contributed by atoms with Crippen LogP contribution < -0.4 is 10.1 Å². The molecule has 2 aliphatic rings. The van der Waals surface area contributed by atoms with Crippen molar-refractivity contribution < 1.29 is 9.53 Å². The summed E-state index contributed by atoms with van der Waals surface area (Å²) in [6.45, 7) is 4.10. The van der Waals surface area contributed by atoms with E-state index in [1.54, 1.807) is 0 Å². The highest BCUT2D eigenvalue weighted by Gasteiger charge is 2.25. The minimum Gasteiger partial charge on any atom is -0.492 e.